The van der Waals surface area contributed by atoms with Gasteiger partial charge in [-0.05, 0) is 18.8 Å². The summed E-state index contributed by atoms with van der Waals surface area (Å²) in [6.45, 7) is 7.93. The second-order valence-corrected chi connectivity index (χ2v) is 6.43. The van der Waals surface area contributed by atoms with Crippen molar-refractivity contribution in [2.45, 2.75) is 52.4 Å². The molecule has 0 unspecified atom stereocenters. The molecule has 0 aromatic carbocycles. The van der Waals surface area contributed by atoms with Crippen molar-refractivity contribution >= 4 is 6.03 Å². The zero-order chi connectivity index (χ0) is 15.6. The van der Waals surface area contributed by atoms with E-state index in [1.54, 1.807) is 27.7 Å². The number of rotatable bonds is 2. The molecule has 4 nitrogen and oxygen atoms in total. The van der Waals surface area contributed by atoms with Gasteiger partial charge in [0.25, 0.3) is 0 Å². The van der Waals surface area contributed by atoms with Crippen molar-refractivity contribution in [2.24, 2.45) is 5.41 Å². The van der Waals surface area contributed by atoms with Crippen LogP contribution in [0.2, 0.25) is 0 Å². The Labute approximate surface area is 117 Å². The third kappa shape index (κ3) is 5.19. The summed E-state index contributed by atoms with van der Waals surface area (Å²) in [6, 6.07) is -2.72. The van der Waals surface area contributed by atoms with E-state index >= 15 is 0 Å². The van der Waals surface area contributed by atoms with Gasteiger partial charge in [-0.25, -0.2) is 4.79 Å². The van der Waals surface area contributed by atoms with Crippen LogP contribution in [-0.2, 0) is 4.74 Å². The molecule has 0 bridgehead atoms. The summed E-state index contributed by atoms with van der Waals surface area (Å²) in [7, 11) is 0. The number of hydrogen-bond acceptors (Lipinski definition) is 2. The normalized spacial score (nSPS) is 22.6. The summed E-state index contributed by atoms with van der Waals surface area (Å²) in [5, 5.41) is 2.12. The molecule has 1 aliphatic rings. The fraction of sp³-hybridized carbons (Fsp3) is 0.923. The molecule has 1 saturated heterocycles. The second kappa shape index (κ2) is 6.20. The number of amides is 2. The van der Waals surface area contributed by atoms with Crippen LogP contribution in [0.5, 0.6) is 0 Å². The van der Waals surface area contributed by atoms with E-state index in [9.17, 15) is 18.0 Å². The third-order valence-corrected chi connectivity index (χ3v) is 3.14. The molecule has 7 heteroatoms. The minimum Gasteiger partial charge on any atom is -0.377 e. The van der Waals surface area contributed by atoms with Crippen LogP contribution in [0, 0.1) is 5.41 Å². The van der Waals surface area contributed by atoms with E-state index in [0.29, 0.717) is 19.8 Å². The van der Waals surface area contributed by atoms with E-state index in [1.165, 1.54) is 4.90 Å². The quantitative estimate of drug-likeness (QED) is 0.851. The van der Waals surface area contributed by atoms with Gasteiger partial charge in [0.15, 0.2) is 0 Å². The van der Waals surface area contributed by atoms with E-state index in [4.69, 9.17) is 4.74 Å². The Bertz CT molecular complexity index is 339. The molecule has 20 heavy (non-hydrogen) atoms. The van der Waals surface area contributed by atoms with Gasteiger partial charge in [0, 0.05) is 6.54 Å². The molecule has 0 spiro atoms. The minimum absolute atomic E-state index is 0.152. The summed E-state index contributed by atoms with van der Waals surface area (Å²) in [5.41, 5.74) is -0.524. The Morgan fingerprint density at radius 3 is 2.45 bits per heavy atom. The van der Waals surface area contributed by atoms with Gasteiger partial charge < -0.3 is 15.0 Å². The maximum Gasteiger partial charge on any atom is 0.408 e. The summed E-state index contributed by atoms with van der Waals surface area (Å²) in [4.78, 5) is 13.4. The molecular weight excluding hydrogens is 273 g/mol. The fourth-order valence-electron chi connectivity index (χ4n) is 2.12. The van der Waals surface area contributed by atoms with E-state index in [-0.39, 0.29) is 12.5 Å². The first-order valence-corrected chi connectivity index (χ1v) is 6.72. The van der Waals surface area contributed by atoms with Crippen LogP contribution in [0.25, 0.3) is 0 Å². The topological polar surface area (TPSA) is 41.6 Å². The highest BCUT2D eigenvalue weighted by molar-refractivity contribution is 5.75. The van der Waals surface area contributed by atoms with Crippen LogP contribution < -0.4 is 5.32 Å². The molecule has 0 aliphatic carbocycles. The Morgan fingerprint density at radius 1 is 1.40 bits per heavy atom. The SMILES string of the molecule is C[C@H]1COCCN1C(=O)N[C@@H](CC(C)(C)C)C(F)(F)F. The molecule has 0 aromatic rings. The zero-order valence-electron chi connectivity index (χ0n) is 12.4. The van der Waals surface area contributed by atoms with Crippen molar-refractivity contribution in [3.63, 3.8) is 0 Å². The van der Waals surface area contributed by atoms with Gasteiger partial charge in [0.05, 0.1) is 19.3 Å². The summed E-state index contributed by atoms with van der Waals surface area (Å²) >= 11 is 0. The number of halogens is 3. The van der Waals surface area contributed by atoms with Crippen molar-refractivity contribution in [3.05, 3.63) is 0 Å². The minimum atomic E-state index is -4.45. The molecule has 1 N–H and O–H groups in total. The first kappa shape index (κ1) is 17.1. The van der Waals surface area contributed by atoms with Gasteiger partial charge in [-0.15, -0.1) is 0 Å². The maximum atomic E-state index is 13.0. The molecular formula is C13H23F3N2O2. The third-order valence-electron chi connectivity index (χ3n) is 3.14. The number of morpholine rings is 1. The summed E-state index contributed by atoms with van der Waals surface area (Å²) in [6.07, 6.45) is -4.60. The van der Waals surface area contributed by atoms with Crippen LogP contribution in [0.4, 0.5) is 18.0 Å². The highest BCUT2D eigenvalue weighted by atomic mass is 19.4. The van der Waals surface area contributed by atoms with E-state index in [2.05, 4.69) is 5.32 Å². The Morgan fingerprint density at radius 2 is 2.00 bits per heavy atom. The molecule has 1 heterocycles. The Hall–Kier alpha value is -0.980. The average Bonchev–Trinajstić information content (AvgIpc) is 2.25. The number of alkyl halides is 3. The molecule has 1 fully saturated rings. The van der Waals surface area contributed by atoms with E-state index < -0.39 is 23.7 Å². The van der Waals surface area contributed by atoms with Crippen molar-refractivity contribution in [3.8, 4) is 0 Å². The van der Waals surface area contributed by atoms with Gasteiger partial charge in [-0.2, -0.15) is 13.2 Å². The molecule has 1 aliphatic heterocycles. The molecule has 118 valence electrons. The van der Waals surface area contributed by atoms with Crippen LogP contribution in [0.1, 0.15) is 34.1 Å². The Kier molecular flexibility index (Phi) is 5.29. The highest BCUT2D eigenvalue weighted by Crippen LogP contribution is 2.30. The Balaban J connectivity index is 2.71. The molecule has 0 saturated carbocycles. The van der Waals surface area contributed by atoms with Gasteiger partial charge in [0.2, 0.25) is 0 Å². The maximum absolute atomic E-state index is 13.0. The van der Waals surface area contributed by atoms with Gasteiger partial charge >= 0.3 is 12.2 Å². The number of hydrogen-bond donors (Lipinski definition) is 1. The monoisotopic (exact) mass is 296 g/mol. The summed E-state index contributed by atoms with van der Waals surface area (Å²) in [5.74, 6) is 0. The standard InChI is InChI=1S/C13H23F3N2O2/c1-9-8-20-6-5-18(9)11(19)17-10(13(14,15)16)7-12(2,3)4/h9-10H,5-8H2,1-4H3,(H,17,19)/t9-,10-/m0/s1. The van der Waals surface area contributed by atoms with Gasteiger partial charge in [-0.1, -0.05) is 20.8 Å². The smallest absolute Gasteiger partial charge is 0.377 e. The first-order valence-electron chi connectivity index (χ1n) is 6.72. The predicted molar refractivity (Wildman–Crippen MR) is 69.4 cm³/mol. The highest BCUT2D eigenvalue weighted by Gasteiger charge is 2.43. The number of nitrogens with one attached hydrogen (secondary N) is 1. The first-order chi connectivity index (χ1) is 9.00. The average molecular weight is 296 g/mol. The van der Waals surface area contributed by atoms with Crippen LogP contribution in [0.15, 0.2) is 0 Å². The summed E-state index contributed by atoms with van der Waals surface area (Å²) < 4.78 is 44.2. The lowest BCUT2D eigenvalue weighted by Gasteiger charge is -2.36. The number of carbonyl (C=O) groups excluding carboxylic acids is 1. The lowest BCUT2D eigenvalue weighted by molar-refractivity contribution is -0.160. The lowest BCUT2D eigenvalue weighted by atomic mass is 9.88. The molecule has 0 radical (unpaired) electrons. The molecule has 1 rings (SSSR count). The van der Waals surface area contributed by atoms with Crippen LogP contribution in [-0.4, -0.2) is 48.9 Å². The second-order valence-electron chi connectivity index (χ2n) is 6.43. The van der Waals surface area contributed by atoms with Crippen LogP contribution >= 0.6 is 0 Å². The molecule has 2 atom stereocenters. The largest absolute Gasteiger partial charge is 0.408 e. The van der Waals surface area contributed by atoms with Crippen molar-refractivity contribution in [1.82, 2.24) is 10.2 Å². The number of nitrogens with zero attached hydrogens (tertiary/aromatic N) is 1. The number of urea groups is 1. The van der Waals surface area contributed by atoms with Gasteiger partial charge in [-0.3, -0.25) is 0 Å². The van der Waals surface area contributed by atoms with E-state index in [1.807, 2.05) is 0 Å². The van der Waals surface area contributed by atoms with E-state index in [0.717, 1.165) is 0 Å². The lowest BCUT2D eigenvalue weighted by Crippen LogP contribution is -2.56. The fourth-order valence-corrected chi connectivity index (χ4v) is 2.12. The van der Waals surface area contributed by atoms with Gasteiger partial charge in [0.1, 0.15) is 6.04 Å². The zero-order valence-corrected chi connectivity index (χ0v) is 12.4. The van der Waals surface area contributed by atoms with Crippen molar-refractivity contribution in [1.29, 1.82) is 0 Å². The predicted octanol–water partition coefficient (Wildman–Crippen LogP) is 2.78. The number of carbonyl (C=O) groups is 1. The van der Waals surface area contributed by atoms with Crippen molar-refractivity contribution in [2.75, 3.05) is 19.8 Å². The van der Waals surface area contributed by atoms with Crippen molar-refractivity contribution < 1.29 is 22.7 Å². The number of ether oxygens (including phenoxy) is 1. The molecule has 0 aromatic heterocycles. The van der Waals surface area contributed by atoms with Crippen LogP contribution in [0.3, 0.4) is 0 Å². The molecule has 2 amide bonds.